The van der Waals surface area contributed by atoms with Crippen molar-refractivity contribution in [3.63, 3.8) is 0 Å². The lowest BCUT2D eigenvalue weighted by Crippen LogP contribution is -2.42. The summed E-state index contributed by atoms with van der Waals surface area (Å²) in [5.74, 6) is 0.716. The number of hydrogen-bond donors (Lipinski definition) is 2. The van der Waals surface area contributed by atoms with Crippen LogP contribution in [0.25, 0.3) is 16.7 Å². The Morgan fingerprint density at radius 3 is 2.85 bits per heavy atom. The Kier molecular flexibility index (Phi) is 4.14. The van der Waals surface area contributed by atoms with Gasteiger partial charge in [0.05, 0.1) is 18.3 Å². The van der Waals surface area contributed by atoms with Crippen molar-refractivity contribution in [3.05, 3.63) is 47.5 Å². The van der Waals surface area contributed by atoms with Crippen LogP contribution in [0.1, 0.15) is 11.1 Å². The molecule has 0 saturated carbocycles. The van der Waals surface area contributed by atoms with Crippen LogP contribution < -0.4 is 15.2 Å². The molecule has 0 fully saturated rings. The van der Waals surface area contributed by atoms with Gasteiger partial charge in [0.25, 0.3) is 0 Å². The number of fused-ring (bicyclic) bond motifs is 2. The SMILES string of the molecule is COc1ccc2c(c1)nnn2-c1ccc2c(c1)CC(S(N)(=O)=O)NCC2. The maximum Gasteiger partial charge on any atom is 0.225 e. The summed E-state index contributed by atoms with van der Waals surface area (Å²) in [6.45, 7) is 0.569. The van der Waals surface area contributed by atoms with Crippen LogP contribution in [0.2, 0.25) is 0 Å². The van der Waals surface area contributed by atoms with Gasteiger partial charge in [-0.15, -0.1) is 5.10 Å². The van der Waals surface area contributed by atoms with E-state index in [1.807, 2.05) is 36.4 Å². The van der Waals surface area contributed by atoms with E-state index in [0.29, 0.717) is 18.7 Å². The van der Waals surface area contributed by atoms with Gasteiger partial charge >= 0.3 is 0 Å². The highest BCUT2D eigenvalue weighted by Gasteiger charge is 2.25. The zero-order valence-electron chi connectivity index (χ0n) is 14.2. The first-order chi connectivity index (χ1) is 12.5. The predicted molar refractivity (Wildman–Crippen MR) is 97.7 cm³/mol. The fourth-order valence-corrected chi connectivity index (χ4v) is 4.03. The van der Waals surface area contributed by atoms with E-state index < -0.39 is 15.4 Å². The van der Waals surface area contributed by atoms with Gasteiger partial charge in [0.2, 0.25) is 10.0 Å². The van der Waals surface area contributed by atoms with Gasteiger partial charge in [0.15, 0.2) is 0 Å². The smallest absolute Gasteiger partial charge is 0.225 e. The molecule has 2 aromatic carbocycles. The van der Waals surface area contributed by atoms with Crippen molar-refractivity contribution in [1.29, 1.82) is 0 Å². The molecule has 0 radical (unpaired) electrons. The van der Waals surface area contributed by atoms with Crippen LogP contribution >= 0.6 is 0 Å². The fraction of sp³-hybridized carbons (Fsp3) is 0.294. The van der Waals surface area contributed by atoms with E-state index in [4.69, 9.17) is 9.88 Å². The number of hydrogen-bond acceptors (Lipinski definition) is 6. The number of methoxy groups -OCH3 is 1. The van der Waals surface area contributed by atoms with Crippen LogP contribution in [-0.2, 0) is 22.9 Å². The number of ether oxygens (including phenoxy) is 1. The van der Waals surface area contributed by atoms with E-state index >= 15 is 0 Å². The molecule has 8 nitrogen and oxygen atoms in total. The molecule has 1 aliphatic heterocycles. The number of aromatic nitrogens is 3. The van der Waals surface area contributed by atoms with Crippen molar-refractivity contribution in [1.82, 2.24) is 20.3 Å². The molecule has 0 saturated heterocycles. The standard InChI is InChI=1S/C17H19N5O3S/c1-25-14-4-5-16-15(10-14)20-21-22(16)13-3-2-11-6-7-19-17(26(18,23)24)9-12(11)8-13/h2-5,8,10,17,19H,6-7,9H2,1H3,(H2,18,23,24). The van der Waals surface area contributed by atoms with E-state index in [-0.39, 0.29) is 0 Å². The molecule has 9 heteroatoms. The highest BCUT2D eigenvalue weighted by atomic mass is 32.2. The molecule has 136 valence electrons. The molecule has 0 amide bonds. The van der Waals surface area contributed by atoms with Crippen molar-refractivity contribution in [2.45, 2.75) is 18.2 Å². The van der Waals surface area contributed by atoms with Crippen LogP contribution in [0, 0.1) is 0 Å². The second kappa shape index (κ2) is 6.35. The Hall–Kier alpha value is -2.49. The zero-order chi connectivity index (χ0) is 18.3. The first kappa shape index (κ1) is 17.0. The molecule has 0 spiro atoms. The van der Waals surface area contributed by atoms with E-state index in [1.165, 1.54) is 0 Å². The molecule has 4 rings (SSSR count). The normalized spacial score (nSPS) is 17.7. The minimum atomic E-state index is -3.66. The Labute approximate surface area is 151 Å². The first-order valence-electron chi connectivity index (χ1n) is 8.22. The van der Waals surface area contributed by atoms with Crippen LogP contribution in [-0.4, -0.2) is 42.4 Å². The number of sulfonamides is 1. The summed E-state index contributed by atoms with van der Waals surface area (Å²) in [4.78, 5) is 0. The Bertz CT molecular complexity index is 1080. The van der Waals surface area contributed by atoms with E-state index in [0.717, 1.165) is 34.3 Å². The van der Waals surface area contributed by atoms with Gasteiger partial charge in [-0.1, -0.05) is 11.3 Å². The third-order valence-corrected chi connectivity index (χ3v) is 5.78. The van der Waals surface area contributed by atoms with Crippen LogP contribution in [0.15, 0.2) is 36.4 Å². The largest absolute Gasteiger partial charge is 0.497 e. The molecule has 1 atom stereocenters. The summed E-state index contributed by atoms with van der Waals surface area (Å²) in [6.07, 6.45) is 1.07. The average Bonchev–Trinajstić information content (AvgIpc) is 2.90. The highest BCUT2D eigenvalue weighted by Crippen LogP contribution is 2.24. The van der Waals surface area contributed by atoms with Crippen molar-refractivity contribution in [2.24, 2.45) is 5.14 Å². The highest BCUT2D eigenvalue weighted by molar-refractivity contribution is 7.89. The summed E-state index contributed by atoms with van der Waals surface area (Å²) in [5.41, 5.74) is 4.46. The molecular formula is C17H19N5O3S. The van der Waals surface area contributed by atoms with Crippen LogP contribution in [0.5, 0.6) is 5.75 Å². The lowest BCUT2D eigenvalue weighted by atomic mass is 10.0. The second-order valence-corrected chi connectivity index (χ2v) is 8.04. The minimum absolute atomic E-state index is 0.322. The third kappa shape index (κ3) is 3.05. The molecular weight excluding hydrogens is 354 g/mol. The Morgan fingerprint density at radius 1 is 1.23 bits per heavy atom. The average molecular weight is 373 g/mol. The first-order valence-corrected chi connectivity index (χ1v) is 9.83. The van der Waals surface area contributed by atoms with Gasteiger partial charge in [-0.25, -0.2) is 18.2 Å². The predicted octanol–water partition coefficient (Wildman–Crippen LogP) is 0.732. The molecule has 26 heavy (non-hydrogen) atoms. The number of benzene rings is 2. The van der Waals surface area contributed by atoms with Gasteiger partial charge in [0.1, 0.15) is 16.6 Å². The van der Waals surface area contributed by atoms with Crippen LogP contribution in [0.3, 0.4) is 0 Å². The van der Waals surface area contributed by atoms with Crippen molar-refractivity contribution < 1.29 is 13.2 Å². The molecule has 0 bridgehead atoms. The van der Waals surface area contributed by atoms with Gasteiger partial charge in [-0.2, -0.15) is 0 Å². The quantitative estimate of drug-likeness (QED) is 0.700. The van der Waals surface area contributed by atoms with E-state index in [2.05, 4.69) is 15.6 Å². The third-order valence-electron chi connectivity index (χ3n) is 4.66. The van der Waals surface area contributed by atoms with Crippen molar-refractivity contribution >= 4 is 21.1 Å². The van der Waals surface area contributed by atoms with Crippen molar-refractivity contribution in [2.75, 3.05) is 13.7 Å². The fourth-order valence-electron chi connectivity index (χ4n) is 3.27. The number of primary sulfonamides is 1. The lowest BCUT2D eigenvalue weighted by Gasteiger charge is -2.14. The minimum Gasteiger partial charge on any atom is -0.497 e. The second-order valence-electron chi connectivity index (χ2n) is 6.29. The van der Waals surface area contributed by atoms with Crippen molar-refractivity contribution in [3.8, 4) is 11.4 Å². The molecule has 3 N–H and O–H groups in total. The Balaban J connectivity index is 1.77. The molecule has 1 aromatic heterocycles. The molecule has 2 heterocycles. The van der Waals surface area contributed by atoms with E-state index in [9.17, 15) is 8.42 Å². The number of nitrogens with one attached hydrogen (secondary N) is 1. The number of nitrogens with zero attached hydrogens (tertiary/aromatic N) is 3. The van der Waals surface area contributed by atoms with Crippen LogP contribution in [0.4, 0.5) is 0 Å². The van der Waals surface area contributed by atoms with Gasteiger partial charge in [-0.05, 0) is 41.8 Å². The zero-order valence-corrected chi connectivity index (χ0v) is 15.0. The monoisotopic (exact) mass is 373 g/mol. The maximum absolute atomic E-state index is 11.8. The topological polar surface area (TPSA) is 112 Å². The summed E-state index contributed by atoms with van der Waals surface area (Å²) in [6, 6.07) is 11.5. The molecule has 3 aromatic rings. The number of rotatable bonds is 3. The van der Waals surface area contributed by atoms with Gasteiger partial charge < -0.3 is 4.74 Å². The Morgan fingerprint density at radius 2 is 2.08 bits per heavy atom. The van der Waals surface area contributed by atoms with Gasteiger partial charge in [0, 0.05) is 19.0 Å². The molecule has 1 aliphatic rings. The summed E-state index contributed by atoms with van der Waals surface area (Å²) in [5, 5.41) is 16.0. The number of nitrogens with two attached hydrogens (primary N) is 1. The lowest BCUT2D eigenvalue weighted by molar-refractivity contribution is 0.415. The molecule has 0 aliphatic carbocycles. The summed E-state index contributed by atoms with van der Waals surface area (Å²) < 4.78 is 30.5. The summed E-state index contributed by atoms with van der Waals surface area (Å²) >= 11 is 0. The summed E-state index contributed by atoms with van der Waals surface area (Å²) in [7, 11) is -2.06. The van der Waals surface area contributed by atoms with E-state index in [1.54, 1.807) is 11.8 Å². The van der Waals surface area contributed by atoms with Gasteiger partial charge in [-0.3, -0.25) is 5.32 Å². The maximum atomic E-state index is 11.8. The molecule has 1 unspecified atom stereocenters.